The number of benzene rings is 1. The van der Waals surface area contributed by atoms with Gasteiger partial charge in [0, 0.05) is 8.04 Å². The third-order valence-corrected chi connectivity index (χ3v) is 2.57. The zero-order valence-electron chi connectivity index (χ0n) is 5.44. The van der Waals surface area contributed by atoms with Gasteiger partial charge in [-0.2, -0.15) is 5.26 Å². The van der Waals surface area contributed by atoms with Gasteiger partial charge in [-0.25, -0.2) is 0 Å². The summed E-state index contributed by atoms with van der Waals surface area (Å²) in [5.74, 6) is 0. The first-order valence-corrected chi connectivity index (χ1v) is 4.67. The van der Waals surface area contributed by atoms with Crippen molar-refractivity contribution in [3.05, 3.63) is 25.7 Å². The van der Waals surface area contributed by atoms with Crippen LogP contribution in [0.2, 0.25) is 0 Å². The Bertz CT molecular complexity index is 330. The molecule has 1 aromatic rings. The van der Waals surface area contributed by atoms with Gasteiger partial charge >= 0.3 is 0 Å². The predicted molar refractivity (Wildman–Crippen MR) is 56.0 cm³/mol. The van der Waals surface area contributed by atoms with Crippen LogP contribution in [0, 0.1) is 14.9 Å². The van der Waals surface area contributed by atoms with Gasteiger partial charge in [-0.3, -0.25) is 0 Å². The van der Waals surface area contributed by atoms with E-state index in [0.717, 1.165) is 8.04 Å². The molecular formula is C7H4BrIN2. The number of anilines is 1. The molecule has 4 heteroatoms. The maximum Gasteiger partial charge on any atom is 0.101 e. The quantitative estimate of drug-likeness (QED) is 0.589. The number of nitrogen functional groups attached to an aromatic ring is 1. The highest BCUT2D eigenvalue weighted by molar-refractivity contribution is 14.1. The van der Waals surface area contributed by atoms with Gasteiger partial charge < -0.3 is 5.73 Å². The zero-order chi connectivity index (χ0) is 8.43. The molecule has 0 fully saturated rings. The van der Waals surface area contributed by atoms with Crippen molar-refractivity contribution in [2.45, 2.75) is 0 Å². The van der Waals surface area contributed by atoms with Crippen LogP contribution in [0.4, 0.5) is 5.69 Å². The second-order valence-corrected chi connectivity index (χ2v) is 4.04. The molecule has 0 aliphatic rings. The third-order valence-electron chi connectivity index (χ3n) is 1.21. The number of halogens is 2. The number of hydrogen-bond acceptors (Lipinski definition) is 2. The molecule has 0 saturated heterocycles. The van der Waals surface area contributed by atoms with Crippen LogP contribution in [0.5, 0.6) is 0 Å². The van der Waals surface area contributed by atoms with Crippen LogP contribution in [0.15, 0.2) is 16.6 Å². The average Bonchev–Trinajstić information content (AvgIpc) is 1.96. The van der Waals surface area contributed by atoms with Crippen molar-refractivity contribution in [1.29, 1.82) is 5.26 Å². The molecule has 1 rings (SSSR count). The minimum atomic E-state index is 0.517. The Hall–Kier alpha value is -0.280. The van der Waals surface area contributed by atoms with E-state index in [1.54, 1.807) is 6.07 Å². The van der Waals surface area contributed by atoms with Crippen LogP contribution in [0.1, 0.15) is 5.56 Å². The molecule has 0 aliphatic heterocycles. The summed E-state index contributed by atoms with van der Waals surface area (Å²) in [6, 6.07) is 5.59. The highest BCUT2D eigenvalue weighted by Crippen LogP contribution is 2.24. The lowest BCUT2D eigenvalue weighted by Crippen LogP contribution is -1.93. The van der Waals surface area contributed by atoms with Crippen molar-refractivity contribution in [3.63, 3.8) is 0 Å². The molecule has 2 nitrogen and oxygen atoms in total. The molecule has 0 amide bonds. The highest BCUT2D eigenvalue weighted by Gasteiger charge is 2.03. The van der Waals surface area contributed by atoms with E-state index in [9.17, 15) is 0 Å². The standard InChI is InChI=1S/C7H4BrIN2/c8-5-1-4(3-10)7(11)6(9)2-5/h1-2H,11H2. The maximum atomic E-state index is 8.61. The van der Waals surface area contributed by atoms with Crippen molar-refractivity contribution in [3.8, 4) is 6.07 Å². The van der Waals surface area contributed by atoms with Gasteiger partial charge in [0.15, 0.2) is 0 Å². The summed E-state index contributed by atoms with van der Waals surface area (Å²) in [4.78, 5) is 0. The fourth-order valence-corrected chi connectivity index (χ4v) is 2.19. The number of nitriles is 1. The monoisotopic (exact) mass is 322 g/mol. The molecule has 0 saturated carbocycles. The van der Waals surface area contributed by atoms with Gasteiger partial charge in [-0.15, -0.1) is 0 Å². The zero-order valence-corrected chi connectivity index (χ0v) is 9.18. The maximum absolute atomic E-state index is 8.61. The van der Waals surface area contributed by atoms with Gasteiger partial charge in [0.2, 0.25) is 0 Å². The van der Waals surface area contributed by atoms with E-state index in [-0.39, 0.29) is 0 Å². The van der Waals surface area contributed by atoms with E-state index in [1.807, 2.05) is 12.1 Å². The molecule has 0 heterocycles. The first-order chi connectivity index (χ1) is 5.15. The highest BCUT2D eigenvalue weighted by atomic mass is 127. The lowest BCUT2D eigenvalue weighted by Gasteiger charge is -2.00. The number of nitrogens with two attached hydrogens (primary N) is 1. The Morgan fingerprint density at radius 3 is 2.73 bits per heavy atom. The lowest BCUT2D eigenvalue weighted by atomic mass is 10.2. The summed E-state index contributed by atoms with van der Waals surface area (Å²) >= 11 is 5.37. The molecule has 1 aromatic carbocycles. The summed E-state index contributed by atoms with van der Waals surface area (Å²) in [6.07, 6.45) is 0. The minimum absolute atomic E-state index is 0.517. The van der Waals surface area contributed by atoms with Crippen molar-refractivity contribution >= 4 is 44.2 Å². The fraction of sp³-hybridized carbons (Fsp3) is 0. The van der Waals surface area contributed by atoms with Gasteiger partial charge in [-0.1, -0.05) is 15.9 Å². The van der Waals surface area contributed by atoms with Crippen LogP contribution in [0.3, 0.4) is 0 Å². The average molecular weight is 323 g/mol. The summed E-state index contributed by atoms with van der Waals surface area (Å²) in [5.41, 5.74) is 6.68. The molecule has 0 radical (unpaired) electrons. The van der Waals surface area contributed by atoms with Crippen molar-refractivity contribution in [2.24, 2.45) is 0 Å². The van der Waals surface area contributed by atoms with Crippen molar-refractivity contribution in [2.75, 3.05) is 5.73 Å². The molecule has 0 bridgehead atoms. The summed E-state index contributed by atoms with van der Waals surface area (Å²) in [6.45, 7) is 0. The van der Waals surface area contributed by atoms with E-state index in [2.05, 4.69) is 38.5 Å². The Morgan fingerprint density at radius 2 is 2.18 bits per heavy atom. The van der Waals surface area contributed by atoms with Crippen molar-refractivity contribution < 1.29 is 0 Å². The van der Waals surface area contributed by atoms with Crippen LogP contribution in [-0.4, -0.2) is 0 Å². The fourth-order valence-electron chi connectivity index (χ4n) is 0.677. The van der Waals surface area contributed by atoms with E-state index in [4.69, 9.17) is 11.0 Å². The summed E-state index contributed by atoms with van der Waals surface area (Å²) < 4.78 is 1.78. The van der Waals surface area contributed by atoms with Gasteiger partial charge in [0.25, 0.3) is 0 Å². The third kappa shape index (κ3) is 1.84. The molecule has 0 aliphatic carbocycles. The number of nitrogens with zero attached hydrogens (tertiary/aromatic N) is 1. The number of hydrogen-bond donors (Lipinski definition) is 1. The summed E-state index contributed by atoms with van der Waals surface area (Å²) in [7, 11) is 0. The molecule has 56 valence electrons. The molecule has 0 atom stereocenters. The molecule has 11 heavy (non-hydrogen) atoms. The smallest absolute Gasteiger partial charge is 0.101 e. The number of rotatable bonds is 0. The van der Waals surface area contributed by atoms with Gasteiger partial charge in [-0.05, 0) is 34.7 Å². The van der Waals surface area contributed by atoms with Crippen LogP contribution >= 0.6 is 38.5 Å². The second kappa shape index (κ2) is 3.41. The molecule has 0 aromatic heterocycles. The van der Waals surface area contributed by atoms with Crippen LogP contribution in [-0.2, 0) is 0 Å². The van der Waals surface area contributed by atoms with Crippen molar-refractivity contribution in [1.82, 2.24) is 0 Å². The first kappa shape index (κ1) is 8.81. The Kier molecular flexibility index (Phi) is 2.73. The SMILES string of the molecule is N#Cc1cc(Br)cc(I)c1N. The van der Waals surface area contributed by atoms with E-state index >= 15 is 0 Å². The van der Waals surface area contributed by atoms with Crippen LogP contribution < -0.4 is 5.73 Å². The Labute approximate surface area is 86.7 Å². The Balaban J connectivity index is 3.39. The van der Waals surface area contributed by atoms with E-state index < -0.39 is 0 Å². The second-order valence-electron chi connectivity index (χ2n) is 1.96. The van der Waals surface area contributed by atoms with E-state index in [1.165, 1.54) is 0 Å². The summed E-state index contributed by atoms with van der Waals surface area (Å²) in [5, 5.41) is 8.61. The van der Waals surface area contributed by atoms with Gasteiger partial charge in [0.1, 0.15) is 6.07 Å². The normalized spacial score (nSPS) is 9.18. The Morgan fingerprint density at radius 1 is 1.55 bits per heavy atom. The largest absolute Gasteiger partial charge is 0.397 e. The van der Waals surface area contributed by atoms with E-state index in [0.29, 0.717) is 11.3 Å². The topological polar surface area (TPSA) is 49.8 Å². The first-order valence-electron chi connectivity index (χ1n) is 2.79. The van der Waals surface area contributed by atoms with Crippen LogP contribution in [0.25, 0.3) is 0 Å². The minimum Gasteiger partial charge on any atom is -0.397 e. The molecule has 0 spiro atoms. The van der Waals surface area contributed by atoms with Gasteiger partial charge in [0.05, 0.1) is 11.3 Å². The lowest BCUT2D eigenvalue weighted by molar-refractivity contribution is 1.46. The molecule has 0 unspecified atom stereocenters. The molecular weight excluding hydrogens is 319 g/mol. The predicted octanol–water partition coefficient (Wildman–Crippen LogP) is 2.51. The molecule has 2 N–H and O–H groups in total.